The Kier molecular flexibility index (Phi) is 5.02. The van der Waals surface area contributed by atoms with E-state index >= 15 is 0 Å². The maximum absolute atomic E-state index is 12.4. The summed E-state index contributed by atoms with van der Waals surface area (Å²) >= 11 is 2.74. The fourth-order valence-electron chi connectivity index (χ4n) is 2.66. The highest BCUT2D eigenvalue weighted by molar-refractivity contribution is 8.01. The van der Waals surface area contributed by atoms with Crippen LogP contribution in [0.15, 0.2) is 22.5 Å². The highest BCUT2D eigenvalue weighted by atomic mass is 32.2. The third-order valence-corrected chi connectivity index (χ3v) is 5.80. The minimum absolute atomic E-state index is 0.0469. The van der Waals surface area contributed by atoms with Crippen molar-refractivity contribution in [1.82, 2.24) is 9.88 Å². The van der Waals surface area contributed by atoms with Gasteiger partial charge in [-0.15, -0.1) is 11.3 Å². The van der Waals surface area contributed by atoms with Gasteiger partial charge in [-0.2, -0.15) is 0 Å². The van der Waals surface area contributed by atoms with E-state index in [0.29, 0.717) is 24.4 Å². The fraction of sp³-hybridized carbons (Fsp3) is 0.467. The summed E-state index contributed by atoms with van der Waals surface area (Å²) in [6.07, 6.45) is 0.0939. The largest absolute Gasteiger partial charge is 0.372 e. The first-order valence-electron chi connectivity index (χ1n) is 7.53. The van der Waals surface area contributed by atoms with Gasteiger partial charge in [0.2, 0.25) is 5.91 Å². The number of morpholine rings is 1. The number of carbonyl (C=O) groups excluding carboxylic acids is 1. The van der Waals surface area contributed by atoms with Crippen LogP contribution in [-0.2, 0) is 9.53 Å². The van der Waals surface area contributed by atoms with Crippen molar-refractivity contribution in [2.24, 2.45) is 0 Å². The molecule has 0 aliphatic carbocycles. The molecule has 1 aliphatic heterocycles. The van der Waals surface area contributed by atoms with Gasteiger partial charge in [-0.25, -0.2) is 4.98 Å². The molecule has 2 aromatic rings. The lowest BCUT2D eigenvalue weighted by Gasteiger charge is -2.35. The molecular formula is C15H17N3O4S2. The summed E-state index contributed by atoms with van der Waals surface area (Å²) in [7, 11) is 0. The van der Waals surface area contributed by atoms with E-state index in [0.717, 1.165) is 9.04 Å². The average molecular weight is 367 g/mol. The smallest absolute Gasteiger partial charge is 0.270 e. The van der Waals surface area contributed by atoms with Gasteiger partial charge >= 0.3 is 0 Å². The Morgan fingerprint density at radius 3 is 2.83 bits per heavy atom. The molecule has 3 rings (SSSR count). The maximum atomic E-state index is 12.4. The van der Waals surface area contributed by atoms with E-state index in [2.05, 4.69) is 4.98 Å². The molecule has 1 aromatic carbocycles. The van der Waals surface area contributed by atoms with Crippen molar-refractivity contribution >= 4 is 44.9 Å². The number of hydrogen-bond donors (Lipinski definition) is 0. The second-order valence-corrected chi connectivity index (χ2v) is 7.99. The monoisotopic (exact) mass is 367 g/mol. The fourth-order valence-corrected chi connectivity index (χ4v) is 4.67. The first kappa shape index (κ1) is 17.1. The third-order valence-electron chi connectivity index (χ3n) is 3.65. The molecule has 1 aliphatic rings. The Morgan fingerprint density at radius 1 is 1.46 bits per heavy atom. The van der Waals surface area contributed by atoms with Crippen LogP contribution in [0, 0.1) is 10.1 Å². The van der Waals surface area contributed by atoms with Crippen LogP contribution in [0.3, 0.4) is 0 Å². The van der Waals surface area contributed by atoms with Crippen LogP contribution in [0.4, 0.5) is 5.69 Å². The molecule has 0 bridgehead atoms. The number of amides is 1. The van der Waals surface area contributed by atoms with Crippen LogP contribution < -0.4 is 0 Å². The summed E-state index contributed by atoms with van der Waals surface area (Å²) in [5.41, 5.74) is 0.768. The molecule has 0 N–H and O–H groups in total. The minimum Gasteiger partial charge on any atom is -0.372 e. The normalized spacial score (nSPS) is 21.2. The van der Waals surface area contributed by atoms with Crippen molar-refractivity contribution in [1.29, 1.82) is 0 Å². The molecule has 2 heterocycles. The number of fused-ring (bicyclic) bond motifs is 1. The summed E-state index contributed by atoms with van der Waals surface area (Å²) in [5, 5.41) is 10.8. The predicted molar refractivity (Wildman–Crippen MR) is 93.6 cm³/mol. The number of non-ortho nitro benzene ring substituents is 1. The van der Waals surface area contributed by atoms with Crippen LogP contribution in [-0.4, -0.2) is 51.8 Å². The molecule has 1 fully saturated rings. The quantitative estimate of drug-likeness (QED) is 0.469. The Morgan fingerprint density at radius 2 is 2.17 bits per heavy atom. The molecule has 128 valence electrons. The second kappa shape index (κ2) is 7.04. The number of aromatic nitrogens is 1. The van der Waals surface area contributed by atoms with Gasteiger partial charge in [0.1, 0.15) is 0 Å². The summed E-state index contributed by atoms with van der Waals surface area (Å²) in [4.78, 5) is 29.0. The molecule has 2 atom stereocenters. The van der Waals surface area contributed by atoms with Gasteiger partial charge in [0.05, 0.1) is 33.1 Å². The van der Waals surface area contributed by atoms with Gasteiger partial charge in [0, 0.05) is 25.2 Å². The molecule has 9 heteroatoms. The molecule has 1 saturated heterocycles. The number of nitro groups is 1. The average Bonchev–Trinajstić information content (AvgIpc) is 2.93. The highest BCUT2D eigenvalue weighted by Crippen LogP contribution is 2.32. The minimum atomic E-state index is -0.420. The summed E-state index contributed by atoms with van der Waals surface area (Å²) in [5.74, 6) is 0.369. The van der Waals surface area contributed by atoms with Crippen LogP contribution in [0.2, 0.25) is 0 Å². The molecule has 2 unspecified atom stereocenters. The number of benzene rings is 1. The summed E-state index contributed by atoms with van der Waals surface area (Å²) < 4.78 is 7.13. The lowest BCUT2D eigenvalue weighted by molar-refractivity contribution is -0.384. The zero-order chi connectivity index (χ0) is 17.3. The van der Waals surface area contributed by atoms with Crippen LogP contribution in [0.25, 0.3) is 10.2 Å². The van der Waals surface area contributed by atoms with E-state index in [1.807, 2.05) is 18.7 Å². The number of thiazole rings is 1. The van der Waals surface area contributed by atoms with E-state index in [4.69, 9.17) is 4.74 Å². The molecule has 1 amide bonds. The predicted octanol–water partition coefficient (Wildman–Crippen LogP) is 2.93. The topological polar surface area (TPSA) is 85.6 Å². The molecule has 24 heavy (non-hydrogen) atoms. The molecular weight excluding hydrogens is 350 g/mol. The Labute approximate surface area is 147 Å². The van der Waals surface area contributed by atoms with Gasteiger partial charge in [-0.3, -0.25) is 14.9 Å². The van der Waals surface area contributed by atoms with Crippen molar-refractivity contribution in [3.63, 3.8) is 0 Å². The van der Waals surface area contributed by atoms with Gasteiger partial charge in [-0.05, 0) is 19.9 Å². The van der Waals surface area contributed by atoms with Crippen LogP contribution in [0.5, 0.6) is 0 Å². The van der Waals surface area contributed by atoms with Crippen molar-refractivity contribution < 1.29 is 14.5 Å². The zero-order valence-corrected chi connectivity index (χ0v) is 14.9. The van der Waals surface area contributed by atoms with E-state index in [1.165, 1.54) is 35.2 Å². The third kappa shape index (κ3) is 3.85. The van der Waals surface area contributed by atoms with Crippen molar-refractivity contribution in [3.8, 4) is 0 Å². The number of ether oxygens (including phenoxy) is 1. The zero-order valence-electron chi connectivity index (χ0n) is 13.3. The van der Waals surface area contributed by atoms with Crippen molar-refractivity contribution in [2.45, 2.75) is 30.4 Å². The molecule has 1 aromatic heterocycles. The van der Waals surface area contributed by atoms with Crippen LogP contribution >= 0.6 is 23.1 Å². The lowest BCUT2D eigenvalue weighted by Crippen LogP contribution is -2.48. The number of carbonyl (C=O) groups is 1. The SMILES string of the molecule is CC1CN(C(=O)CSc2nc3ccc([N+](=O)[O-])cc3s2)CC(C)O1. The molecule has 0 spiro atoms. The number of nitrogens with zero attached hydrogens (tertiary/aromatic N) is 3. The van der Waals surface area contributed by atoms with Gasteiger partial charge < -0.3 is 9.64 Å². The standard InChI is InChI=1S/C15H17N3O4S2/c1-9-6-17(7-10(2)22-9)14(19)8-23-15-16-12-4-3-11(18(20)21)5-13(12)24-15/h3-5,9-10H,6-8H2,1-2H3. The number of thioether (sulfide) groups is 1. The Bertz CT molecular complexity index is 769. The van der Waals surface area contributed by atoms with E-state index in [-0.39, 0.29) is 23.8 Å². The maximum Gasteiger partial charge on any atom is 0.270 e. The van der Waals surface area contributed by atoms with Crippen molar-refractivity contribution in [3.05, 3.63) is 28.3 Å². The highest BCUT2D eigenvalue weighted by Gasteiger charge is 2.26. The van der Waals surface area contributed by atoms with Crippen molar-refractivity contribution in [2.75, 3.05) is 18.8 Å². The van der Waals surface area contributed by atoms with Gasteiger partial charge in [0.25, 0.3) is 5.69 Å². The van der Waals surface area contributed by atoms with Gasteiger partial charge in [-0.1, -0.05) is 11.8 Å². The van der Waals surface area contributed by atoms with E-state index in [9.17, 15) is 14.9 Å². The van der Waals surface area contributed by atoms with E-state index in [1.54, 1.807) is 6.07 Å². The lowest BCUT2D eigenvalue weighted by atomic mass is 10.2. The van der Waals surface area contributed by atoms with E-state index < -0.39 is 4.92 Å². The van der Waals surface area contributed by atoms with Gasteiger partial charge in [0.15, 0.2) is 4.34 Å². The number of rotatable bonds is 4. The Balaban J connectivity index is 1.64. The number of nitro benzene ring substituents is 1. The number of hydrogen-bond acceptors (Lipinski definition) is 7. The first-order chi connectivity index (χ1) is 11.4. The van der Waals surface area contributed by atoms with Crippen LogP contribution in [0.1, 0.15) is 13.8 Å². The summed E-state index contributed by atoms with van der Waals surface area (Å²) in [6.45, 7) is 5.14. The second-order valence-electron chi connectivity index (χ2n) is 5.73. The summed E-state index contributed by atoms with van der Waals surface area (Å²) in [6, 6.07) is 4.60. The molecule has 7 nitrogen and oxygen atoms in total. The molecule has 0 radical (unpaired) electrons. The Hall–Kier alpha value is -1.71. The first-order valence-corrected chi connectivity index (χ1v) is 9.33. The molecule has 0 saturated carbocycles.